The Morgan fingerprint density at radius 1 is 0.393 bits per heavy atom. The molecule has 0 heterocycles. The van der Waals surface area contributed by atoms with Crippen molar-refractivity contribution >= 4 is 0 Å². The van der Waals surface area contributed by atoms with Crippen molar-refractivity contribution in [2.24, 2.45) is 0 Å². The normalized spacial score (nSPS) is 12.7. The van der Waals surface area contributed by atoms with Gasteiger partial charge in [-0.2, -0.15) is 0 Å². The zero-order valence-electron chi connectivity index (χ0n) is 18.6. The van der Waals surface area contributed by atoms with Crippen LogP contribution in [-0.4, -0.2) is 12.2 Å². The minimum absolute atomic E-state index is 1.00. The van der Waals surface area contributed by atoms with Crippen molar-refractivity contribution in [2.45, 2.75) is 78.1 Å². The molecule has 0 saturated heterocycles. The lowest BCUT2D eigenvalue weighted by atomic mass is 10.2. The van der Waals surface area contributed by atoms with E-state index < -0.39 is 0 Å². The highest BCUT2D eigenvalue weighted by molar-refractivity contribution is 5.01. The first-order valence-corrected chi connectivity index (χ1v) is 10.9. The molecule has 0 aromatic rings. The van der Waals surface area contributed by atoms with Gasteiger partial charge in [-0.25, -0.2) is 0 Å². The summed E-state index contributed by atoms with van der Waals surface area (Å²) in [6.45, 7) is 4.38. The number of aliphatic hydroxyl groups excluding tert-OH is 1. The molecule has 0 radical (unpaired) electrons. The van der Waals surface area contributed by atoms with E-state index in [9.17, 15) is 0 Å². The summed E-state index contributed by atoms with van der Waals surface area (Å²) in [7, 11) is 1.00. The van der Waals surface area contributed by atoms with Crippen LogP contribution < -0.4 is 0 Å². The lowest BCUT2D eigenvalue weighted by molar-refractivity contribution is 0.399. The molecule has 1 nitrogen and oxygen atoms in total. The van der Waals surface area contributed by atoms with E-state index in [1.54, 1.807) is 0 Å². The summed E-state index contributed by atoms with van der Waals surface area (Å²) >= 11 is 0. The van der Waals surface area contributed by atoms with Gasteiger partial charge in [0.15, 0.2) is 0 Å². The van der Waals surface area contributed by atoms with Gasteiger partial charge in [-0.15, -0.1) is 0 Å². The molecule has 1 N–H and O–H groups in total. The van der Waals surface area contributed by atoms with Crippen LogP contribution in [-0.2, 0) is 0 Å². The van der Waals surface area contributed by atoms with Gasteiger partial charge in [0.1, 0.15) is 0 Å². The van der Waals surface area contributed by atoms with Crippen LogP contribution in [0.3, 0.4) is 0 Å². The third-order valence-electron chi connectivity index (χ3n) is 3.72. The Labute approximate surface area is 175 Å². The van der Waals surface area contributed by atoms with Crippen molar-refractivity contribution in [3.8, 4) is 0 Å². The van der Waals surface area contributed by atoms with Gasteiger partial charge in [0.2, 0.25) is 0 Å². The minimum atomic E-state index is 1.00. The Morgan fingerprint density at radius 3 is 1.04 bits per heavy atom. The van der Waals surface area contributed by atoms with Crippen LogP contribution >= 0.6 is 0 Å². The predicted molar refractivity (Wildman–Crippen MR) is 130 cm³/mol. The number of rotatable bonds is 16. The van der Waals surface area contributed by atoms with E-state index in [2.05, 4.69) is 98.9 Å². The first-order chi connectivity index (χ1) is 13.9. The average molecular weight is 385 g/mol. The fourth-order valence-corrected chi connectivity index (χ4v) is 2.23. The smallest absolute Gasteiger partial charge is 0.0319 e. The van der Waals surface area contributed by atoms with Gasteiger partial charge in [0, 0.05) is 7.11 Å². The second-order valence-electron chi connectivity index (χ2n) is 6.25. The van der Waals surface area contributed by atoms with Crippen molar-refractivity contribution < 1.29 is 5.11 Å². The van der Waals surface area contributed by atoms with Gasteiger partial charge in [-0.05, 0) is 57.8 Å². The molecule has 0 aliphatic heterocycles. The third-order valence-corrected chi connectivity index (χ3v) is 3.72. The Bertz CT molecular complexity index is 472. The van der Waals surface area contributed by atoms with Crippen LogP contribution in [0.5, 0.6) is 0 Å². The summed E-state index contributed by atoms with van der Waals surface area (Å²) in [4.78, 5) is 0. The van der Waals surface area contributed by atoms with Crippen LogP contribution in [0, 0.1) is 0 Å². The molecule has 0 saturated carbocycles. The van der Waals surface area contributed by atoms with Crippen molar-refractivity contribution in [2.75, 3.05) is 7.11 Å². The van der Waals surface area contributed by atoms with Crippen LogP contribution in [0.4, 0.5) is 0 Å². The van der Waals surface area contributed by atoms with E-state index in [-0.39, 0.29) is 0 Å². The summed E-state index contributed by atoms with van der Waals surface area (Å²) in [6.07, 6.45) is 42.6. The standard InChI is InChI=1S/C26H40.CH4O/c1-3-5-7-9-11-13-15-17-19-21-23-25-26-24-22-20-18-16-14-12-10-8-6-4-2;1-2/h5,7-8,10-11,13,16-19,22-25H,3-4,6,9,12,14-15,20-21,26H2,1-2H3;2H,1H3/b7-5-,10-8?,13-11-,18-16-,19-17-,24-22-,25-23-;. The first-order valence-electron chi connectivity index (χ1n) is 10.9. The highest BCUT2D eigenvalue weighted by Crippen LogP contribution is 1.99. The second-order valence-corrected chi connectivity index (χ2v) is 6.25. The lowest BCUT2D eigenvalue weighted by Crippen LogP contribution is -1.67. The molecule has 0 unspecified atom stereocenters. The maximum absolute atomic E-state index is 7.00. The largest absolute Gasteiger partial charge is 0.400 e. The lowest BCUT2D eigenvalue weighted by Gasteiger charge is -1.88. The molecule has 28 heavy (non-hydrogen) atoms. The topological polar surface area (TPSA) is 20.2 Å². The van der Waals surface area contributed by atoms with E-state index >= 15 is 0 Å². The predicted octanol–water partition coefficient (Wildman–Crippen LogP) is 8.43. The molecular formula is C27H44O. The van der Waals surface area contributed by atoms with E-state index in [4.69, 9.17) is 5.11 Å². The monoisotopic (exact) mass is 384 g/mol. The summed E-state index contributed by atoms with van der Waals surface area (Å²) in [5, 5.41) is 7.00. The summed E-state index contributed by atoms with van der Waals surface area (Å²) < 4.78 is 0. The number of hydrogen-bond donors (Lipinski definition) is 1. The molecule has 1 heteroatoms. The fraction of sp³-hybridized carbons (Fsp3) is 0.481. The maximum Gasteiger partial charge on any atom is 0.0319 e. The Kier molecular flexibility index (Phi) is 30.3. The molecule has 0 aliphatic rings. The molecule has 0 atom stereocenters. The summed E-state index contributed by atoms with van der Waals surface area (Å²) in [6, 6.07) is 0. The molecule has 0 spiro atoms. The Hall–Kier alpha value is -1.86. The summed E-state index contributed by atoms with van der Waals surface area (Å²) in [5.41, 5.74) is 0. The fourth-order valence-electron chi connectivity index (χ4n) is 2.23. The maximum atomic E-state index is 7.00. The molecule has 0 fully saturated rings. The van der Waals surface area contributed by atoms with Crippen molar-refractivity contribution in [1.29, 1.82) is 0 Å². The van der Waals surface area contributed by atoms with Gasteiger partial charge < -0.3 is 5.11 Å². The quantitative estimate of drug-likeness (QED) is 0.209. The van der Waals surface area contributed by atoms with Gasteiger partial charge in [0.25, 0.3) is 0 Å². The molecule has 0 bridgehead atoms. The molecule has 0 amide bonds. The molecular weight excluding hydrogens is 340 g/mol. The van der Waals surface area contributed by atoms with Crippen molar-refractivity contribution in [3.63, 3.8) is 0 Å². The van der Waals surface area contributed by atoms with Gasteiger partial charge >= 0.3 is 0 Å². The zero-order chi connectivity index (χ0) is 21.0. The van der Waals surface area contributed by atoms with Crippen LogP contribution in [0.15, 0.2) is 85.1 Å². The molecule has 0 aromatic heterocycles. The Balaban J connectivity index is 0. The molecule has 158 valence electrons. The number of aliphatic hydroxyl groups is 1. The van der Waals surface area contributed by atoms with E-state index in [1.807, 2.05) is 0 Å². The molecule has 0 aliphatic carbocycles. The highest BCUT2D eigenvalue weighted by Gasteiger charge is 1.78. The van der Waals surface area contributed by atoms with E-state index in [0.29, 0.717) is 0 Å². The van der Waals surface area contributed by atoms with E-state index in [0.717, 1.165) is 52.1 Å². The SMILES string of the molecule is CC/C=C\C/C=C\C/C=C\C/C=C\C/C=C\C/C=C\CCC=CCCC.CO. The van der Waals surface area contributed by atoms with Crippen LogP contribution in [0.2, 0.25) is 0 Å². The second kappa shape index (κ2) is 29.9. The van der Waals surface area contributed by atoms with Crippen molar-refractivity contribution in [1.82, 2.24) is 0 Å². The highest BCUT2D eigenvalue weighted by atomic mass is 16.2. The number of unbranched alkanes of at least 4 members (excludes halogenated alkanes) is 2. The molecule has 0 rings (SSSR count). The van der Waals surface area contributed by atoms with Crippen LogP contribution in [0.1, 0.15) is 78.1 Å². The van der Waals surface area contributed by atoms with Gasteiger partial charge in [-0.3, -0.25) is 0 Å². The number of allylic oxidation sites excluding steroid dienone is 14. The van der Waals surface area contributed by atoms with Gasteiger partial charge in [0.05, 0.1) is 0 Å². The molecule has 0 aromatic carbocycles. The van der Waals surface area contributed by atoms with Crippen LogP contribution in [0.25, 0.3) is 0 Å². The third kappa shape index (κ3) is 28.9. The number of hydrogen-bond acceptors (Lipinski definition) is 1. The zero-order valence-corrected chi connectivity index (χ0v) is 18.6. The van der Waals surface area contributed by atoms with E-state index in [1.165, 1.54) is 19.3 Å². The Morgan fingerprint density at radius 2 is 0.679 bits per heavy atom. The first kappa shape index (κ1) is 28.4. The minimum Gasteiger partial charge on any atom is -0.400 e. The van der Waals surface area contributed by atoms with Gasteiger partial charge in [-0.1, -0.05) is 105 Å². The van der Waals surface area contributed by atoms with Crippen molar-refractivity contribution in [3.05, 3.63) is 85.1 Å². The summed E-state index contributed by atoms with van der Waals surface area (Å²) in [5.74, 6) is 0. The average Bonchev–Trinajstić information content (AvgIpc) is 2.73.